The molecule has 0 bridgehead atoms. The summed E-state index contributed by atoms with van der Waals surface area (Å²) < 4.78 is 40.6. The molecule has 254 valence electrons. The zero-order valence-corrected chi connectivity index (χ0v) is 24.5. The molecule has 0 amide bonds. The van der Waals surface area contributed by atoms with E-state index in [4.69, 9.17) is 33.2 Å². The Kier molecular flexibility index (Phi) is 9.43. The number of fused-ring (bicyclic) bond motifs is 3. The molecule has 1 saturated carbocycles. The number of phenols is 1. The molecule has 4 aliphatic heterocycles. The maximum absolute atomic E-state index is 12.8. The number of phenolic OH excluding ortho intramolecular Hbond substituents is 1. The molecule has 1 aliphatic carbocycles. The average Bonchev–Trinajstić information content (AvgIpc) is 3.72. The number of rotatable bonds is 9. The second-order valence-electron chi connectivity index (χ2n) is 12.0. The van der Waals surface area contributed by atoms with Gasteiger partial charge in [0.2, 0.25) is 6.29 Å². The van der Waals surface area contributed by atoms with Gasteiger partial charge in [0.1, 0.15) is 54.1 Å². The van der Waals surface area contributed by atoms with Crippen LogP contribution < -0.4 is 0 Å². The number of aliphatic hydroxyl groups is 7. The molecule has 3 saturated heterocycles. The molecule has 0 radical (unpaired) electrons. The highest BCUT2D eigenvalue weighted by atomic mass is 16.8. The van der Waals surface area contributed by atoms with E-state index >= 15 is 0 Å². The number of epoxide rings is 1. The highest BCUT2D eigenvalue weighted by Gasteiger charge is 2.77. The van der Waals surface area contributed by atoms with Crippen molar-refractivity contribution in [1.29, 1.82) is 0 Å². The summed E-state index contributed by atoms with van der Waals surface area (Å²) in [4.78, 5) is 12.8. The van der Waals surface area contributed by atoms with Crippen LogP contribution in [0.15, 0.2) is 42.7 Å². The lowest BCUT2D eigenvalue weighted by atomic mass is 9.85. The van der Waals surface area contributed by atoms with Crippen LogP contribution in [0.5, 0.6) is 5.75 Å². The first kappa shape index (κ1) is 33.2. The summed E-state index contributed by atoms with van der Waals surface area (Å²) in [7, 11) is 0. The Labute approximate surface area is 262 Å². The van der Waals surface area contributed by atoms with Gasteiger partial charge in [-0.2, -0.15) is 0 Å². The largest absolute Gasteiger partial charge is 0.508 e. The average molecular weight is 655 g/mol. The molecule has 16 atom stereocenters. The van der Waals surface area contributed by atoms with Crippen LogP contribution in [0.2, 0.25) is 0 Å². The zero-order valence-electron chi connectivity index (χ0n) is 24.5. The number of hydrogen-bond acceptors (Lipinski definition) is 16. The number of aliphatic hydroxyl groups excluding tert-OH is 7. The smallest absolute Gasteiger partial charge is 0.331 e. The van der Waals surface area contributed by atoms with E-state index in [1.54, 1.807) is 18.2 Å². The van der Waals surface area contributed by atoms with Gasteiger partial charge in [-0.25, -0.2) is 4.79 Å². The molecule has 0 aromatic heterocycles. The first-order valence-corrected chi connectivity index (χ1v) is 14.9. The second kappa shape index (κ2) is 13.1. The van der Waals surface area contributed by atoms with E-state index in [1.165, 1.54) is 31.4 Å². The lowest BCUT2D eigenvalue weighted by molar-refractivity contribution is -0.347. The Bertz CT molecular complexity index is 1290. The molecule has 16 nitrogen and oxygen atoms in total. The summed E-state index contributed by atoms with van der Waals surface area (Å²) >= 11 is 0. The number of esters is 1. The molecule has 46 heavy (non-hydrogen) atoms. The first-order valence-electron chi connectivity index (χ1n) is 14.9. The van der Waals surface area contributed by atoms with Crippen molar-refractivity contribution in [1.82, 2.24) is 0 Å². The molecule has 6 rings (SSSR count). The molecule has 4 fully saturated rings. The summed E-state index contributed by atoms with van der Waals surface area (Å²) in [6.07, 6.45) is -11.9. The van der Waals surface area contributed by atoms with Crippen LogP contribution in [-0.4, -0.2) is 146 Å². The fraction of sp³-hybridized carbons (Fsp3) is 0.633. The molecular formula is C30H38O16. The van der Waals surface area contributed by atoms with Crippen molar-refractivity contribution in [2.45, 2.75) is 92.4 Å². The Morgan fingerprint density at radius 3 is 2.33 bits per heavy atom. The third-order valence-corrected chi connectivity index (χ3v) is 9.23. The molecular weight excluding hydrogens is 616 g/mol. The van der Waals surface area contributed by atoms with Crippen LogP contribution in [0.4, 0.5) is 0 Å². The fourth-order valence-corrected chi connectivity index (χ4v) is 6.63. The normalized spacial score (nSPS) is 46.4. The monoisotopic (exact) mass is 654 g/mol. The quantitative estimate of drug-likeness (QED) is 0.0763. The molecule has 8 N–H and O–H groups in total. The van der Waals surface area contributed by atoms with Gasteiger partial charge in [0.25, 0.3) is 0 Å². The van der Waals surface area contributed by atoms with Crippen molar-refractivity contribution in [2.75, 3.05) is 13.2 Å². The molecule has 16 unspecified atom stereocenters. The summed E-state index contributed by atoms with van der Waals surface area (Å²) in [5.41, 5.74) is -0.650. The standard InChI is InChI=1S/C30H38O16/c1-12-19(35)22(38)25(43-17(34)7-4-13-2-5-14(33)6-3-13)29(41-12)44-24-15-8-9-40-27(18(15)30(11-32)26(24)46-30)45-28-23(39)21(37)20(36)16(10-31)42-28/h2-9,12,15-16,18-29,31-33,35-39H,10-11H2,1H3. The van der Waals surface area contributed by atoms with Gasteiger partial charge in [0.05, 0.1) is 37.6 Å². The highest BCUT2D eigenvalue weighted by Crippen LogP contribution is 2.61. The number of aromatic hydroxyl groups is 1. The predicted octanol–water partition coefficient (Wildman–Crippen LogP) is -2.77. The number of benzene rings is 1. The fourth-order valence-electron chi connectivity index (χ4n) is 6.63. The van der Waals surface area contributed by atoms with E-state index in [1.807, 2.05) is 0 Å². The predicted molar refractivity (Wildman–Crippen MR) is 149 cm³/mol. The van der Waals surface area contributed by atoms with Crippen LogP contribution in [0.25, 0.3) is 6.08 Å². The molecule has 0 spiro atoms. The minimum atomic E-state index is -1.70. The van der Waals surface area contributed by atoms with E-state index in [9.17, 15) is 45.6 Å². The van der Waals surface area contributed by atoms with Gasteiger partial charge in [-0.05, 0) is 36.8 Å². The van der Waals surface area contributed by atoms with Gasteiger partial charge in [-0.3, -0.25) is 0 Å². The SMILES string of the molecule is CC1OC(OC2C3C=COC(OC4OC(CO)C(O)C(O)C4O)C3C3(CO)OC23)C(OC(=O)C=Cc2ccc(O)cc2)C(O)C1O. The van der Waals surface area contributed by atoms with Gasteiger partial charge in [-0.1, -0.05) is 12.1 Å². The van der Waals surface area contributed by atoms with Crippen molar-refractivity contribution in [3.63, 3.8) is 0 Å². The Balaban J connectivity index is 1.19. The molecule has 16 heteroatoms. The Hall–Kier alpha value is -2.71. The number of ether oxygens (including phenoxy) is 7. The van der Waals surface area contributed by atoms with Gasteiger partial charge in [0.15, 0.2) is 18.7 Å². The van der Waals surface area contributed by atoms with Crippen LogP contribution in [-0.2, 0) is 38.0 Å². The summed E-state index contributed by atoms with van der Waals surface area (Å²) in [5, 5.41) is 81.7. The van der Waals surface area contributed by atoms with Crippen LogP contribution in [0, 0.1) is 11.8 Å². The highest BCUT2D eigenvalue weighted by molar-refractivity contribution is 5.87. The van der Waals surface area contributed by atoms with Crippen molar-refractivity contribution < 1.29 is 78.8 Å². The summed E-state index contributed by atoms with van der Waals surface area (Å²) in [5.74, 6) is -2.17. The lowest BCUT2D eigenvalue weighted by Crippen LogP contribution is -2.61. The van der Waals surface area contributed by atoms with Crippen LogP contribution in [0.3, 0.4) is 0 Å². The van der Waals surface area contributed by atoms with E-state index < -0.39 is 117 Å². The second-order valence-corrected chi connectivity index (χ2v) is 12.0. The molecule has 1 aromatic carbocycles. The van der Waals surface area contributed by atoms with Crippen molar-refractivity contribution in [3.05, 3.63) is 48.2 Å². The van der Waals surface area contributed by atoms with Gasteiger partial charge >= 0.3 is 5.97 Å². The first-order chi connectivity index (χ1) is 22.0. The van der Waals surface area contributed by atoms with E-state index in [2.05, 4.69) is 0 Å². The Morgan fingerprint density at radius 2 is 1.63 bits per heavy atom. The minimum absolute atomic E-state index is 0.0513. The number of carbonyl (C=O) groups is 1. The third kappa shape index (κ3) is 5.93. The zero-order chi connectivity index (χ0) is 32.9. The maximum atomic E-state index is 12.8. The summed E-state index contributed by atoms with van der Waals surface area (Å²) in [6.45, 7) is 0.353. The molecule has 5 aliphatic rings. The third-order valence-electron chi connectivity index (χ3n) is 9.23. The van der Waals surface area contributed by atoms with Crippen LogP contribution in [0.1, 0.15) is 12.5 Å². The van der Waals surface area contributed by atoms with E-state index in [0.29, 0.717) is 5.56 Å². The summed E-state index contributed by atoms with van der Waals surface area (Å²) in [6, 6.07) is 6.03. The topological polar surface area (TPSA) is 247 Å². The van der Waals surface area contributed by atoms with E-state index in [-0.39, 0.29) is 5.75 Å². The number of carbonyl (C=O) groups excluding carboxylic acids is 1. The van der Waals surface area contributed by atoms with Crippen molar-refractivity contribution >= 4 is 12.0 Å². The Morgan fingerprint density at radius 1 is 0.891 bits per heavy atom. The van der Waals surface area contributed by atoms with Crippen molar-refractivity contribution in [3.8, 4) is 5.75 Å². The van der Waals surface area contributed by atoms with Crippen LogP contribution >= 0.6 is 0 Å². The van der Waals surface area contributed by atoms with Gasteiger partial charge < -0.3 is 74.0 Å². The van der Waals surface area contributed by atoms with Crippen molar-refractivity contribution in [2.24, 2.45) is 11.8 Å². The number of hydrogen-bond donors (Lipinski definition) is 8. The lowest BCUT2D eigenvalue weighted by Gasteiger charge is -2.44. The van der Waals surface area contributed by atoms with Gasteiger partial charge in [-0.15, -0.1) is 0 Å². The van der Waals surface area contributed by atoms with E-state index in [0.717, 1.165) is 6.08 Å². The van der Waals surface area contributed by atoms with Gasteiger partial charge in [0, 0.05) is 12.0 Å². The maximum Gasteiger partial charge on any atom is 0.331 e. The molecule has 4 heterocycles. The minimum Gasteiger partial charge on any atom is -0.508 e. The molecule has 1 aromatic rings.